The van der Waals surface area contributed by atoms with E-state index in [4.69, 9.17) is 5.73 Å². The van der Waals surface area contributed by atoms with Crippen LogP contribution in [0.2, 0.25) is 0 Å². The molecule has 0 aromatic carbocycles. The second kappa shape index (κ2) is 4.76. The van der Waals surface area contributed by atoms with E-state index in [2.05, 4.69) is 21.8 Å². The number of pyridine rings is 1. The maximum atomic E-state index is 11.0. The number of aryl methyl sites for hydroxylation is 1. The standard InChI is InChI=1S/C12H9N3OS/c1-8-9(2-3-11-6-14-7-17-11)4-10(5-15-8)12(13)16/h4-7H,1H3,(H2,13,16). The van der Waals surface area contributed by atoms with Crippen molar-refractivity contribution >= 4 is 17.2 Å². The summed E-state index contributed by atoms with van der Waals surface area (Å²) in [6.07, 6.45) is 3.15. The van der Waals surface area contributed by atoms with Gasteiger partial charge < -0.3 is 5.73 Å². The van der Waals surface area contributed by atoms with Crippen LogP contribution >= 0.6 is 11.3 Å². The molecular weight excluding hydrogens is 234 g/mol. The van der Waals surface area contributed by atoms with E-state index in [0.29, 0.717) is 11.1 Å². The molecule has 5 heteroatoms. The number of rotatable bonds is 1. The van der Waals surface area contributed by atoms with Crippen molar-refractivity contribution in [3.63, 3.8) is 0 Å². The minimum absolute atomic E-state index is 0.365. The molecule has 2 N–H and O–H groups in total. The topological polar surface area (TPSA) is 68.9 Å². The highest BCUT2D eigenvalue weighted by Gasteiger charge is 2.03. The molecule has 0 saturated heterocycles. The molecule has 0 radical (unpaired) electrons. The van der Waals surface area contributed by atoms with Crippen molar-refractivity contribution in [2.75, 3.05) is 0 Å². The summed E-state index contributed by atoms with van der Waals surface area (Å²) in [6.45, 7) is 1.83. The van der Waals surface area contributed by atoms with E-state index in [0.717, 1.165) is 10.6 Å². The van der Waals surface area contributed by atoms with Gasteiger partial charge >= 0.3 is 0 Å². The van der Waals surface area contributed by atoms with Crippen LogP contribution in [-0.4, -0.2) is 15.9 Å². The molecule has 84 valence electrons. The van der Waals surface area contributed by atoms with Crippen molar-refractivity contribution in [3.05, 3.63) is 45.7 Å². The first-order valence-electron chi connectivity index (χ1n) is 4.84. The summed E-state index contributed by atoms with van der Waals surface area (Å²) >= 11 is 1.46. The van der Waals surface area contributed by atoms with E-state index in [9.17, 15) is 4.79 Å². The monoisotopic (exact) mass is 243 g/mol. The van der Waals surface area contributed by atoms with E-state index in [1.165, 1.54) is 17.5 Å². The number of primary amides is 1. The van der Waals surface area contributed by atoms with Gasteiger partial charge in [-0.05, 0) is 18.9 Å². The Morgan fingerprint density at radius 2 is 2.24 bits per heavy atom. The molecule has 0 aliphatic rings. The Morgan fingerprint density at radius 1 is 1.41 bits per heavy atom. The Kier molecular flexibility index (Phi) is 3.17. The van der Waals surface area contributed by atoms with Gasteiger partial charge in [-0.3, -0.25) is 14.8 Å². The molecule has 0 bridgehead atoms. The molecule has 4 nitrogen and oxygen atoms in total. The van der Waals surface area contributed by atoms with Gasteiger partial charge in [0.2, 0.25) is 5.91 Å². The summed E-state index contributed by atoms with van der Waals surface area (Å²) in [5.74, 6) is 5.42. The predicted molar refractivity (Wildman–Crippen MR) is 65.6 cm³/mol. The van der Waals surface area contributed by atoms with E-state index in [-0.39, 0.29) is 0 Å². The number of hydrogen-bond donors (Lipinski definition) is 1. The van der Waals surface area contributed by atoms with Crippen LogP contribution in [0.1, 0.15) is 26.5 Å². The van der Waals surface area contributed by atoms with Crippen LogP contribution in [0.15, 0.2) is 24.0 Å². The number of nitrogens with zero attached hydrogens (tertiary/aromatic N) is 2. The van der Waals surface area contributed by atoms with Crippen LogP contribution in [0.4, 0.5) is 0 Å². The minimum atomic E-state index is -0.502. The highest BCUT2D eigenvalue weighted by molar-refractivity contribution is 7.10. The van der Waals surface area contributed by atoms with E-state index in [1.54, 1.807) is 17.8 Å². The van der Waals surface area contributed by atoms with Gasteiger partial charge in [0, 0.05) is 11.8 Å². The van der Waals surface area contributed by atoms with Gasteiger partial charge in [-0.1, -0.05) is 5.92 Å². The first kappa shape index (κ1) is 11.3. The highest BCUT2D eigenvalue weighted by atomic mass is 32.1. The van der Waals surface area contributed by atoms with Crippen LogP contribution in [-0.2, 0) is 0 Å². The number of nitrogens with two attached hydrogens (primary N) is 1. The van der Waals surface area contributed by atoms with Crippen LogP contribution in [0.3, 0.4) is 0 Å². The molecule has 0 atom stereocenters. The fourth-order valence-electron chi connectivity index (χ4n) is 1.20. The van der Waals surface area contributed by atoms with Crippen molar-refractivity contribution in [3.8, 4) is 11.8 Å². The lowest BCUT2D eigenvalue weighted by molar-refractivity contribution is 0.1000. The fourth-order valence-corrected chi connectivity index (χ4v) is 1.67. The molecule has 2 aromatic heterocycles. The third kappa shape index (κ3) is 2.68. The smallest absolute Gasteiger partial charge is 0.250 e. The molecular formula is C12H9N3OS. The summed E-state index contributed by atoms with van der Waals surface area (Å²) < 4.78 is 0. The van der Waals surface area contributed by atoms with Crippen LogP contribution < -0.4 is 5.73 Å². The van der Waals surface area contributed by atoms with Crippen LogP contribution in [0.5, 0.6) is 0 Å². The maximum Gasteiger partial charge on any atom is 0.250 e. The molecule has 2 rings (SSSR count). The van der Waals surface area contributed by atoms with Gasteiger partial charge in [0.25, 0.3) is 0 Å². The second-order valence-electron chi connectivity index (χ2n) is 3.34. The molecule has 2 aromatic rings. The van der Waals surface area contributed by atoms with E-state index >= 15 is 0 Å². The maximum absolute atomic E-state index is 11.0. The predicted octanol–water partition coefficient (Wildman–Crippen LogP) is 1.35. The number of carbonyl (C=O) groups excluding carboxylic acids is 1. The van der Waals surface area contributed by atoms with Crippen molar-refractivity contribution in [2.45, 2.75) is 6.92 Å². The van der Waals surface area contributed by atoms with Crippen molar-refractivity contribution in [1.82, 2.24) is 9.97 Å². The Balaban J connectivity index is 2.38. The van der Waals surface area contributed by atoms with E-state index < -0.39 is 5.91 Å². The first-order chi connectivity index (χ1) is 8.16. The fraction of sp³-hybridized carbons (Fsp3) is 0.0833. The Labute approximate surface area is 103 Å². The lowest BCUT2D eigenvalue weighted by Gasteiger charge is -1.99. The minimum Gasteiger partial charge on any atom is -0.366 e. The lowest BCUT2D eigenvalue weighted by atomic mass is 10.1. The number of hydrogen-bond acceptors (Lipinski definition) is 4. The second-order valence-corrected chi connectivity index (χ2v) is 4.22. The van der Waals surface area contributed by atoms with Gasteiger partial charge in [0.05, 0.1) is 27.8 Å². The molecule has 0 saturated carbocycles. The van der Waals surface area contributed by atoms with Crippen molar-refractivity contribution < 1.29 is 4.79 Å². The number of amides is 1. The molecule has 0 unspecified atom stereocenters. The SMILES string of the molecule is Cc1ncc(C(N)=O)cc1C#Cc1cncs1. The van der Waals surface area contributed by atoms with Gasteiger partial charge in [-0.2, -0.15) is 0 Å². The van der Waals surface area contributed by atoms with E-state index in [1.807, 2.05) is 6.92 Å². The first-order valence-corrected chi connectivity index (χ1v) is 5.72. The Morgan fingerprint density at radius 3 is 2.88 bits per heavy atom. The largest absolute Gasteiger partial charge is 0.366 e. The molecule has 0 spiro atoms. The third-order valence-electron chi connectivity index (χ3n) is 2.12. The van der Waals surface area contributed by atoms with Gasteiger partial charge in [-0.15, -0.1) is 11.3 Å². The summed E-state index contributed by atoms with van der Waals surface area (Å²) in [6, 6.07) is 1.65. The third-order valence-corrected chi connectivity index (χ3v) is 2.81. The summed E-state index contributed by atoms with van der Waals surface area (Å²) in [4.78, 5) is 19.9. The highest BCUT2D eigenvalue weighted by Crippen LogP contribution is 2.08. The van der Waals surface area contributed by atoms with Crippen molar-refractivity contribution in [1.29, 1.82) is 0 Å². The van der Waals surface area contributed by atoms with Crippen LogP contribution in [0, 0.1) is 18.8 Å². The summed E-state index contributed by atoms with van der Waals surface area (Å²) in [5, 5.41) is 0. The molecule has 2 heterocycles. The molecule has 0 fully saturated rings. The zero-order valence-corrected chi connectivity index (χ0v) is 9.91. The zero-order chi connectivity index (χ0) is 12.3. The molecule has 0 aliphatic carbocycles. The average Bonchev–Trinajstić information content (AvgIpc) is 2.80. The van der Waals surface area contributed by atoms with Gasteiger partial charge in [-0.25, -0.2) is 0 Å². The molecule has 1 amide bonds. The quantitative estimate of drug-likeness (QED) is 0.768. The number of carbonyl (C=O) groups is 1. The van der Waals surface area contributed by atoms with Crippen molar-refractivity contribution in [2.24, 2.45) is 5.73 Å². The molecule has 17 heavy (non-hydrogen) atoms. The lowest BCUT2D eigenvalue weighted by Crippen LogP contribution is -2.11. The van der Waals surface area contributed by atoms with Gasteiger partial charge in [0.15, 0.2) is 0 Å². The zero-order valence-electron chi connectivity index (χ0n) is 9.10. The van der Waals surface area contributed by atoms with Crippen LogP contribution in [0.25, 0.3) is 0 Å². The number of thiazole rings is 1. The summed E-state index contributed by atoms with van der Waals surface area (Å²) in [5.41, 5.74) is 8.74. The number of aromatic nitrogens is 2. The average molecular weight is 243 g/mol. The normalized spacial score (nSPS) is 9.47. The molecule has 0 aliphatic heterocycles. The summed E-state index contributed by atoms with van der Waals surface area (Å²) in [7, 11) is 0. The Hall–Kier alpha value is -2.19. The van der Waals surface area contributed by atoms with Gasteiger partial charge in [0.1, 0.15) is 0 Å². The Bertz CT molecular complexity index is 608.